The lowest BCUT2D eigenvalue weighted by atomic mass is 10.1. The molecule has 0 saturated heterocycles. The van der Waals surface area contributed by atoms with Crippen molar-refractivity contribution in [2.24, 2.45) is 0 Å². The summed E-state index contributed by atoms with van der Waals surface area (Å²) in [6, 6.07) is 6.64. The third-order valence-corrected chi connectivity index (χ3v) is 3.40. The van der Waals surface area contributed by atoms with Gasteiger partial charge in [0.1, 0.15) is 0 Å². The molecule has 102 valence electrons. The molecule has 0 aliphatic rings. The van der Waals surface area contributed by atoms with Crippen LogP contribution in [0, 0.1) is 0 Å². The van der Waals surface area contributed by atoms with Crippen LogP contribution in [-0.2, 0) is 13.1 Å². The zero-order valence-corrected chi connectivity index (χ0v) is 12.4. The van der Waals surface area contributed by atoms with Crippen LogP contribution in [0.4, 0.5) is 0 Å². The summed E-state index contributed by atoms with van der Waals surface area (Å²) < 4.78 is 1.91. The highest BCUT2D eigenvalue weighted by atomic mass is 35.5. The quantitative estimate of drug-likeness (QED) is 0.903. The molecule has 0 saturated carbocycles. The van der Waals surface area contributed by atoms with Crippen LogP contribution < -0.4 is 5.32 Å². The molecule has 0 aliphatic heterocycles. The van der Waals surface area contributed by atoms with Crippen LogP contribution in [0.3, 0.4) is 0 Å². The molecule has 0 fully saturated rings. The molecule has 2 aromatic rings. The molecule has 0 atom stereocenters. The largest absolute Gasteiger partial charge is 0.310 e. The van der Waals surface area contributed by atoms with Gasteiger partial charge in [-0.15, -0.1) is 0 Å². The molecule has 1 N–H and O–H groups in total. The van der Waals surface area contributed by atoms with E-state index in [9.17, 15) is 0 Å². The van der Waals surface area contributed by atoms with Crippen LogP contribution in [0.2, 0.25) is 5.02 Å². The Bertz CT molecular complexity index is 546. The van der Waals surface area contributed by atoms with Crippen LogP contribution in [0.25, 0.3) is 11.1 Å². The molecule has 1 aromatic carbocycles. The number of hydrogen-bond acceptors (Lipinski definition) is 2. The van der Waals surface area contributed by atoms with Crippen LogP contribution >= 0.6 is 11.6 Å². The lowest BCUT2D eigenvalue weighted by Crippen LogP contribution is -2.21. The molecule has 2 rings (SSSR count). The normalized spacial score (nSPS) is 11.2. The lowest BCUT2D eigenvalue weighted by molar-refractivity contribution is 0.589. The first kappa shape index (κ1) is 14.1. The minimum absolute atomic E-state index is 0.457. The maximum atomic E-state index is 6.34. The van der Waals surface area contributed by atoms with Gasteiger partial charge in [0.05, 0.1) is 6.20 Å². The number of benzene rings is 1. The van der Waals surface area contributed by atoms with E-state index in [1.54, 1.807) is 0 Å². The zero-order chi connectivity index (χ0) is 13.8. The van der Waals surface area contributed by atoms with Crippen molar-refractivity contribution >= 4 is 11.6 Å². The van der Waals surface area contributed by atoms with Crippen molar-refractivity contribution in [2.75, 3.05) is 0 Å². The van der Waals surface area contributed by atoms with Crippen molar-refractivity contribution < 1.29 is 0 Å². The Hall–Kier alpha value is -1.32. The van der Waals surface area contributed by atoms with E-state index >= 15 is 0 Å². The summed E-state index contributed by atoms with van der Waals surface area (Å²) in [5, 5.41) is 8.46. The van der Waals surface area contributed by atoms with Crippen molar-refractivity contribution in [3.8, 4) is 11.1 Å². The Morgan fingerprint density at radius 3 is 2.68 bits per heavy atom. The fourth-order valence-corrected chi connectivity index (χ4v) is 2.12. The van der Waals surface area contributed by atoms with Crippen LogP contribution in [0.1, 0.15) is 26.3 Å². The summed E-state index contributed by atoms with van der Waals surface area (Å²) in [6.07, 6.45) is 3.92. The first-order chi connectivity index (χ1) is 9.10. The predicted molar refractivity (Wildman–Crippen MR) is 80.3 cm³/mol. The average Bonchev–Trinajstić information content (AvgIpc) is 2.85. The highest BCUT2D eigenvalue weighted by Crippen LogP contribution is 2.25. The van der Waals surface area contributed by atoms with Crippen molar-refractivity contribution in [1.82, 2.24) is 15.1 Å². The minimum atomic E-state index is 0.457. The Morgan fingerprint density at radius 1 is 1.32 bits per heavy atom. The Labute approximate surface area is 119 Å². The molecule has 19 heavy (non-hydrogen) atoms. The van der Waals surface area contributed by atoms with E-state index in [1.165, 1.54) is 0 Å². The Kier molecular flexibility index (Phi) is 4.61. The molecule has 1 heterocycles. The number of rotatable bonds is 5. The van der Waals surface area contributed by atoms with E-state index in [0.29, 0.717) is 6.04 Å². The predicted octanol–water partition coefficient (Wildman–Crippen LogP) is 3.72. The first-order valence-corrected chi connectivity index (χ1v) is 7.02. The van der Waals surface area contributed by atoms with E-state index in [0.717, 1.165) is 34.8 Å². The summed E-state index contributed by atoms with van der Waals surface area (Å²) in [6.45, 7) is 8.00. The van der Waals surface area contributed by atoms with Crippen molar-refractivity contribution in [3.63, 3.8) is 0 Å². The molecule has 0 radical (unpaired) electrons. The average molecular weight is 278 g/mol. The van der Waals surface area contributed by atoms with Gasteiger partial charge in [0.25, 0.3) is 0 Å². The monoisotopic (exact) mass is 277 g/mol. The van der Waals surface area contributed by atoms with Gasteiger partial charge in [0, 0.05) is 35.9 Å². The summed E-state index contributed by atoms with van der Waals surface area (Å²) in [5.41, 5.74) is 3.34. The lowest BCUT2D eigenvalue weighted by Gasteiger charge is -2.10. The van der Waals surface area contributed by atoms with E-state index < -0.39 is 0 Å². The van der Waals surface area contributed by atoms with Crippen molar-refractivity contribution in [2.45, 2.75) is 39.9 Å². The number of halogens is 1. The molecule has 4 heteroatoms. The number of aromatic nitrogens is 2. The third kappa shape index (κ3) is 3.58. The van der Waals surface area contributed by atoms with Gasteiger partial charge >= 0.3 is 0 Å². The van der Waals surface area contributed by atoms with Crippen LogP contribution in [-0.4, -0.2) is 15.8 Å². The maximum Gasteiger partial charge on any atom is 0.0568 e. The van der Waals surface area contributed by atoms with Gasteiger partial charge in [-0.2, -0.15) is 5.10 Å². The smallest absolute Gasteiger partial charge is 0.0568 e. The fraction of sp³-hybridized carbons (Fsp3) is 0.400. The van der Waals surface area contributed by atoms with E-state index in [1.807, 2.05) is 23.1 Å². The van der Waals surface area contributed by atoms with Gasteiger partial charge in [0.15, 0.2) is 0 Å². The van der Waals surface area contributed by atoms with Gasteiger partial charge < -0.3 is 5.32 Å². The third-order valence-electron chi connectivity index (χ3n) is 3.04. The topological polar surface area (TPSA) is 29.9 Å². The molecular weight excluding hydrogens is 258 g/mol. The minimum Gasteiger partial charge on any atom is -0.310 e. The standard InChI is InChI=1S/C15H20ClN3/c1-4-19-10-14(9-18-19)12-5-6-13(15(16)7-12)8-17-11(2)3/h5-7,9-11,17H,4,8H2,1-3H3. The Balaban J connectivity index is 2.18. The molecule has 1 aromatic heterocycles. The summed E-state index contributed by atoms with van der Waals surface area (Å²) in [5.74, 6) is 0. The van der Waals surface area contributed by atoms with Crippen molar-refractivity contribution in [1.29, 1.82) is 0 Å². The fourth-order valence-electron chi connectivity index (χ4n) is 1.87. The molecule has 0 spiro atoms. The van der Waals surface area contributed by atoms with Gasteiger partial charge in [-0.25, -0.2) is 0 Å². The van der Waals surface area contributed by atoms with Gasteiger partial charge in [-0.1, -0.05) is 37.6 Å². The summed E-state index contributed by atoms with van der Waals surface area (Å²) in [7, 11) is 0. The first-order valence-electron chi connectivity index (χ1n) is 6.64. The van der Waals surface area contributed by atoms with Gasteiger partial charge in [0.2, 0.25) is 0 Å². The summed E-state index contributed by atoms with van der Waals surface area (Å²) >= 11 is 6.34. The second-order valence-corrected chi connectivity index (χ2v) is 5.33. The molecular formula is C15H20ClN3. The molecule has 0 amide bonds. The zero-order valence-electron chi connectivity index (χ0n) is 11.7. The van der Waals surface area contributed by atoms with E-state index in [-0.39, 0.29) is 0 Å². The van der Waals surface area contributed by atoms with Crippen LogP contribution in [0.15, 0.2) is 30.6 Å². The number of nitrogens with zero attached hydrogens (tertiary/aromatic N) is 2. The van der Waals surface area contributed by atoms with Crippen molar-refractivity contribution in [3.05, 3.63) is 41.2 Å². The number of hydrogen-bond donors (Lipinski definition) is 1. The van der Waals surface area contributed by atoms with Gasteiger partial charge in [-0.05, 0) is 24.1 Å². The van der Waals surface area contributed by atoms with E-state index in [4.69, 9.17) is 11.6 Å². The second-order valence-electron chi connectivity index (χ2n) is 4.93. The highest BCUT2D eigenvalue weighted by Gasteiger charge is 2.06. The highest BCUT2D eigenvalue weighted by molar-refractivity contribution is 6.31. The molecule has 0 aliphatic carbocycles. The molecule has 3 nitrogen and oxygen atoms in total. The molecule has 0 unspecified atom stereocenters. The maximum absolute atomic E-state index is 6.34. The Morgan fingerprint density at radius 2 is 2.11 bits per heavy atom. The SMILES string of the molecule is CCn1cc(-c2ccc(CNC(C)C)c(Cl)c2)cn1. The van der Waals surface area contributed by atoms with Gasteiger partial charge in [-0.3, -0.25) is 4.68 Å². The van der Waals surface area contributed by atoms with Crippen LogP contribution in [0.5, 0.6) is 0 Å². The van der Waals surface area contributed by atoms with E-state index in [2.05, 4.69) is 43.3 Å². The second kappa shape index (κ2) is 6.22. The molecule has 0 bridgehead atoms. The number of nitrogens with one attached hydrogen (secondary N) is 1. The summed E-state index contributed by atoms with van der Waals surface area (Å²) in [4.78, 5) is 0. The number of aryl methyl sites for hydroxylation is 1.